The van der Waals surface area contributed by atoms with Crippen LogP contribution in [0.1, 0.15) is 5.56 Å². The molecular formula is C8H11N5O4. The Morgan fingerprint density at radius 3 is 2.65 bits per heavy atom. The summed E-state index contributed by atoms with van der Waals surface area (Å²) in [6.45, 7) is 0. The third-order valence-electron chi connectivity index (χ3n) is 1.59. The van der Waals surface area contributed by atoms with Gasteiger partial charge in [0.2, 0.25) is 5.96 Å². The Bertz CT molecular complexity index is 467. The molecule has 0 unspecified atom stereocenters. The first kappa shape index (κ1) is 14.3. The van der Waals surface area contributed by atoms with Crippen molar-refractivity contribution in [2.24, 2.45) is 21.7 Å². The molecule has 0 fully saturated rings. The first-order chi connectivity index (χ1) is 7.50. The molecule has 7 N–H and O–H groups in total. The second-order valence-corrected chi connectivity index (χ2v) is 2.77. The highest BCUT2D eigenvalue weighted by Gasteiger charge is 2.08. The van der Waals surface area contributed by atoms with Gasteiger partial charge in [0, 0.05) is 17.7 Å². The van der Waals surface area contributed by atoms with Gasteiger partial charge in [0.05, 0.1) is 11.1 Å². The van der Waals surface area contributed by atoms with Gasteiger partial charge in [0.1, 0.15) is 5.75 Å². The molecule has 0 atom stereocenters. The number of nitro groups is 1. The van der Waals surface area contributed by atoms with E-state index in [0.29, 0.717) is 0 Å². The molecule has 0 spiro atoms. The van der Waals surface area contributed by atoms with E-state index in [1.165, 1.54) is 12.1 Å². The first-order valence-electron chi connectivity index (χ1n) is 4.10. The average Bonchev–Trinajstić information content (AvgIpc) is 2.20. The Morgan fingerprint density at radius 2 is 2.12 bits per heavy atom. The summed E-state index contributed by atoms with van der Waals surface area (Å²) >= 11 is 0. The number of phenolic OH excluding ortho intramolecular Hbond substituents is 1. The molecule has 9 nitrogen and oxygen atoms in total. The van der Waals surface area contributed by atoms with Crippen LogP contribution < -0.4 is 11.5 Å². The fourth-order valence-corrected chi connectivity index (χ4v) is 0.917. The van der Waals surface area contributed by atoms with Crippen LogP contribution in [0.15, 0.2) is 28.4 Å². The normalized spacial score (nSPS) is 9.65. The number of nitrogens with zero attached hydrogens (tertiary/aromatic N) is 3. The SMILES string of the molecule is NC(N)=NN=Cc1cc([N+](=O)[O-])ccc1O.O. The smallest absolute Gasteiger partial charge is 0.270 e. The molecule has 9 heteroatoms. The second-order valence-electron chi connectivity index (χ2n) is 2.77. The monoisotopic (exact) mass is 241 g/mol. The fourth-order valence-electron chi connectivity index (χ4n) is 0.917. The van der Waals surface area contributed by atoms with Crippen molar-refractivity contribution in [1.82, 2.24) is 0 Å². The van der Waals surface area contributed by atoms with Gasteiger partial charge in [0.25, 0.3) is 5.69 Å². The molecule has 0 amide bonds. The van der Waals surface area contributed by atoms with Gasteiger partial charge in [-0.25, -0.2) is 0 Å². The van der Waals surface area contributed by atoms with E-state index in [-0.39, 0.29) is 28.4 Å². The number of hydrogen-bond donors (Lipinski definition) is 3. The van der Waals surface area contributed by atoms with Crippen molar-refractivity contribution in [2.45, 2.75) is 0 Å². The van der Waals surface area contributed by atoms with Crippen LogP contribution in [0.4, 0.5) is 5.69 Å². The third kappa shape index (κ3) is 4.13. The summed E-state index contributed by atoms with van der Waals surface area (Å²) in [5, 5.41) is 26.5. The molecule has 0 heterocycles. The maximum absolute atomic E-state index is 10.5. The number of aromatic hydroxyl groups is 1. The van der Waals surface area contributed by atoms with Crippen LogP contribution in [-0.4, -0.2) is 27.7 Å². The molecule has 0 aliphatic heterocycles. The lowest BCUT2D eigenvalue weighted by Crippen LogP contribution is -2.21. The molecule has 1 aromatic rings. The Kier molecular flexibility index (Phi) is 5.07. The van der Waals surface area contributed by atoms with Crippen molar-refractivity contribution in [3.05, 3.63) is 33.9 Å². The van der Waals surface area contributed by atoms with Crippen LogP contribution in [-0.2, 0) is 0 Å². The lowest BCUT2D eigenvalue weighted by Gasteiger charge is -1.97. The van der Waals surface area contributed by atoms with Gasteiger partial charge in [-0.2, -0.15) is 5.10 Å². The fraction of sp³-hybridized carbons (Fsp3) is 0. The van der Waals surface area contributed by atoms with Crippen molar-refractivity contribution in [1.29, 1.82) is 0 Å². The lowest BCUT2D eigenvalue weighted by atomic mass is 10.2. The Labute approximate surface area is 95.5 Å². The van der Waals surface area contributed by atoms with E-state index in [4.69, 9.17) is 11.5 Å². The van der Waals surface area contributed by atoms with Crippen LogP contribution in [0.25, 0.3) is 0 Å². The summed E-state index contributed by atoms with van der Waals surface area (Å²) in [6, 6.07) is 3.52. The highest BCUT2D eigenvalue weighted by molar-refractivity contribution is 5.85. The topological polar surface area (TPSA) is 172 Å². The number of hydrogen-bond acceptors (Lipinski definition) is 5. The van der Waals surface area contributed by atoms with Gasteiger partial charge in [-0.1, -0.05) is 0 Å². The first-order valence-corrected chi connectivity index (χ1v) is 4.10. The summed E-state index contributed by atoms with van der Waals surface area (Å²) in [7, 11) is 0. The number of nitro benzene ring substituents is 1. The number of guanidine groups is 1. The Morgan fingerprint density at radius 1 is 1.47 bits per heavy atom. The molecule has 0 saturated heterocycles. The standard InChI is InChI=1S/C8H9N5O3.H2O/c9-8(10)12-11-4-5-3-6(13(15)16)1-2-7(5)14;/h1-4,14H,(H4,9,10,12);1H2. The van der Waals surface area contributed by atoms with Crippen molar-refractivity contribution in [3.8, 4) is 5.75 Å². The van der Waals surface area contributed by atoms with Crippen molar-refractivity contribution >= 4 is 17.9 Å². The highest BCUT2D eigenvalue weighted by atomic mass is 16.6. The van der Waals surface area contributed by atoms with Crippen molar-refractivity contribution < 1.29 is 15.5 Å². The minimum absolute atomic E-state index is 0. The summed E-state index contributed by atoms with van der Waals surface area (Å²) in [5.74, 6) is -0.402. The Hall–Kier alpha value is -2.68. The maximum Gasteiger partial charge on any atom is 0.270 e. The number of phenols is 1. The zero-order valence-electron chi connectivity index (χ0n) is 8.57. The van der Waals surface area contributed by atoms with Crippen LogP contribution in [0.2, 0.25) is 0 Å². The largest absolute Gasteiger partial charge is 0.507 e. The number of non-ortho nitro benzene ring substituents is 1. The number of rotatable bonds is 3. The summed E-state index contributed by atoms with van der Waals surface area (Å²) in [4.78, 5) is 9.87. The van der Waals surface area contributed by atoms with Crippen molar-refractivity contribution in [3.63, 3.8) is 0 Å². The summed E-state index contributed by atoms with van der Waals surface area (Å²) < 4.78 is 0. The van der Waals surface area contributed by atoms with E-state index in [1.807, 2.05) is 0 Å². The zero-order valence-corrected chi connectivity index (χ0v) is 8.57. The van der Waals surface area contributed by atoms with Gasteiger partial charge in [-0.15, -0.1) is 5.10 Å². The molecule has 0 radical (unpaired) electrons. The van der Waals surface area contributed by atoms with E-state index in [1.54, 1.807) is 0 Å². The van der Waals surface area contributed by atoms with E-state index in [9.17, 15) is 15.2 Å². The molecule has 0 aliphatic rings. The van der Waals surface area contributed by atoms with Gasteiger partial charge in [-0.3, -0.25) is 10.1 Å². The molecular weight excluding hydrogens is 230 g/mol. The lowest BCUT2D eigenvalue weighted by molar-refractivity contribution is -0.384. The van der Waals surface area contributed by atoms with Gasteiger partial charge in [0.15, 0.2) is 0 Å². The van der Waals surface area contributed by atoms with Crippen molar-refractivity contribution in [2.75, 3.05) is 0 Å². The number of benzene rings is 1. The summed E-state index contributed by atoms with van der Waals surface area (Å²) in [6.07, 6.45) is 1.11. The van der Waals surface area contributed by atoms with Gasteiger partial charge in [-0.05, 0) is 6.07 Å². The molecule has 0 aromatic heterocycles. The summed E-state index contributed by atoms with van der Waals surface area (Å²) in [5.41, 5.74) is 10.0. The highest BCUT2D eigenvalue weighted by Crippen LogP contribution is 2.21. The predicted octanol–water partition coefficient (Wildman–Crippen LogP) is -0.917. The maximum atomic E-state index is 10.5. The minimum atomic E-state index is -0.586. The minimum Gasteiger partial charge on any atom is -0.507 e. The van der Waals surface area contributed by atoms with Gasteiger partial charge >= 0.3 is 0 Å². The molecule has 1 rings (SSSR count). The van der Waals surface area contributed by atoms with Crippen LogP contribution in [0, 0.1) is 10.1 Å². The predicted molar refractivity (Wildman–Crippen MR) is 61.8 cm³/mol. The van der Waals surface area contributed by atoms with E-state index in [0.717, 1.165) is 12.3 Å². The third-order valence-corrected chi connectivity index (χ3v) is 1.59. The second kappa shape index (κ2) is 6.02. The number of nitrogens with two attached hydrogens (primary N) is 2. The van der Waals surface area contributed by atoms with E-state index >= 15 is 0 Å². The average molecular weight is 241 g/mol. The Balaban J connectivity index is 0.00000256. The van der Waals surface area contributed by atoms with Gasteiger partial charge < -0.3 is 22.1 Å². The van der Waals surface area contributed by atoms with Crippen LogP contribution in [0.3, 0.4) is 0 Å². The molecule has 0 saturated carbocycles. The van der Waals surface area contributed by atoms with Crippen LogP contribution >= 0.6 is 0 Å². The molecule has 1 aromatic carbocycles. The quantitative estimate of drug-likeness (QED) is 0.268. The van der Waals surface area contributed by atoms with E-state index < -0.39 is 4.92 Å². The molecule has 17 heavy (non-hydrogen) atoms. The molecule has 0 bridgehead atoms. The zero-order chi connectivity index (χ0) is 12.1. The molecule has 0 aliphatic carbocycles. The van der Waals surface area contributed by atoms with E-state index in [2.05, 4.69) is 10.2 Å². The molecule has 92 valence electrons. The van der Waals surface area contributed by atoms with Crippen LogP contribution in [0.5, 0.6) is 5.75 Å².